The van der Waals surface area contributed by atoms with Crippen molar-refractivity contribution in [2.75, 3.05) is 31.1 Å². The number of likely N-dealkylation sites (tertiary alicyclic amines) is 1. The molecule has 0 bridgehead atoms. The van der Waals surface area contributed by atoms with Crippen molar-refractivity contribution in [3.8, 4) is 0 Å². The summed E-state index contributed by atoms with van der Waals surface area (Å²) in [4.78, 5) is 28.2. The molecule has 2 aliphatic heterocycles. The summed E-state index contributed by atoms with van der Waals surface area (Å²) in [7, 11) is 0. The number of furan rings is 1. The van der Waals surface area contributed by atoms with Crippen molar-refractivity contribution in [3.05, 3.63) is 54.2 Å². The lowest BCUT2D eigenvalue weighted by Crippen LogP contribution is -2.56. The zero-order valence-electron chi connectivity index (χ0n) is 14.9. The molecule has 0 saturated carbocycles. The van der Waals surface area contributed by atoms with Crippen LogP contribution in [0.5, 0.6) is 0 Å². The fourth-order valence-electron chi connectivity index (χ4n) is 3.72. The van der Waals surface area contributed by atoms with Gasteiger partial charge >= 0.3 is 0 Å². The second-order valence-corrected chi connectivity index (χ2v) is 7.07. The molecule has 7 heteroatoms. The summed E-state index contributed by atoms with van der Waals surface area (Å²) in [5.41, 5.74) is 0.0782. The largest absolute Gasteiger partial charge is 0.469 e. The van der Waals surface area contributed by atoms with Gasteiger partial charge < -0.3 is 19.0 Å². The Morgan fingerprint density at radius 2 is 2.00 bits per heavy atom. The molecule has 2 amide bonds. The molecule has 3 heterocycles. The third kappa shape index (κ3) is 3.73. The number of nitrogens with zero attached hydrogens (tertiary/aromatic N) is 2. The Bertz CT molecular complexity index is 821. The van der Waals surface area contributed by atoms with Crippen LogP contribution in [0.2, 0.25) is 0 Å². The van der Waals surface area contributed by atoms with Crippen LogP contribution >= 0.6 is 0 Å². The molecule has 27 heavy (non-hydrogen) atoms. The number of hydrogen-bond acceptors (Lipinski definition) is 4. The van der Waals surface area contributed by atoms with E-state index in [1.54, 1.807) is 28.2 Å². The molecule has 1 aromatic heterocycles. The Kier molecular flexibility index (Phi) is 4.70. The maximum atomic E-state index is 13.2. The van der Waals surface area contributed by atoms with Crippen LogP contribution in [0.1, 0.15) is 18.6 Å². The summed E-state index contributed by atoms with van der Waals surface area (Å²) in [6.07, 6.45) is 3.21. The molecule has 0 radical (unpaired) electrons. The van der Waals surface area contributed by atoms with E-state index in [0.29, 0.717) is 44.6 Å². The monoisotopic (exact) mass is 372 g/mol. The van der Waals surface area contributed by atoms with Crippen LogP contribution in [0.25, 0.3) is 0 Å². The molecule has 1 spiro atoms. The summed E-state index contributed by atoms with van der Waals surface area (Å²) in [6.45, 7) is 1.38. The molecule has 4 rings (SSSR count). The van der Waals surface area contributed by atoms with Crippen molar-refractivity contribution in [1.82, 2.24) is 4.90 Å². The van der Waals surface area contributed by atoms with E-state index in [4.69, 9.17) is 9.15 Å². The van der Waals surface area contributed by atoms with Crippen LogP contribution < -0.4 is 4.90 Å². The number of hydrogen-bond donors (Lipinski definition) is 0. The zero-order valence-corrected chi connectivity index (χ0v) is 14.9. The third-order valence-electron chi connectivity index (χ3n) is 5.22. The second kappa shape index (κ2) is 7.15. The summed E-state index contributed by atoms with van der Waals surface area (Å²) in [5.74, 6) is 0.342. The van der Waals surface area contributed by atoms with E-state index in [0.717, 1.165) is 5.76 Å². The standard InChI is InChI=1S/C20H21FN2O4/c21-15-3-5-16(6-4-15)23-14-20(27-12-19(23)25)9-10-22(13-20)18(24)8-7-17-2-1-11-26-17/h1-6,11H,7-10,12-14H2. The SMILES string of the molecule is O=C(CCc1ccco1)N1CCC2(C1)CN(c1ccc(F)cc1)C(=O)CO2. The molecule has 2 saturated heterocycles. The van der Waals surface area contributed by atoms with Crippen LogP contribution in [0.4, 0.5) is 10.1 Å². The van der Waals surface area contributed by atoms with Gasteiger partial charge in [-0.05, 0) is 42.8 Å². The number of benzene rings is 1. The van der Waals surface area contributed by atoms with Crippen LogP contribution in [0.3, 0.4) is 0 Å². The number of carbonyl (C=O) groups is 2. The van der Waals surface area contributed by atoms with E-state index in [-0.39, 0.29) is 24.2 Å². The maximum Gasteiger partial charge on any atom is 0.253 e. The van der Waals surface area contributed by atoms with Gasteiger partial charge in [-0.15, -0.1) is 0 Å². The van der Waals surface area contributed by atoms with Gasteiger partial charge in [0.25, 0.3) is 5.91 Å². The number of aryl methyl sites for hydroxylation is 1. The third-order valence-corrected chi connectivity index (χ3v) is 5.22. The Hall–Kier alpha value is -2.67. The van der Waals surface area contributed by atoms with Crippen molar-refractivity contribution in [2.45, 2.75) is 24.9 Å². The topological polar surface area (TPSA) is 63.0 Å². The molecule has 0 N–H and O–H groups in total. The van der Waals surface area contributed by atoms with Crippen molar-refractivity contribution in [3.63, 3.8) is 0 Å². The highest BCUT2D eigenvalue weighted by Crippen LogP contribution is 2.32. The van der Waals surface area contributed by atoms with Gasteiger partial charge in [-0.2, -0.15) is 0 Å². The highest BCUT2D eigenvalue weighted by molar-refractivity contribution is 5.95. The molecule has 2 aliphatic rings. The second-order valence-electron chi connectivity index (χ2n) is 7.07. The molecule has 1 atom stereocenters. The molecule has 1 unspecified atom stereocenters. The molecular weight excluding hydrogens is 351 g/mol. The Labute approximate surface area is 156 Å². The van der Waals surface area contributed by atoms with E-state index in [1.807, 2.05) is 12.1 Å². The maximum absolute atomic E-state index is 13.2. The number of rotatable bonds is 4. The van der Waals surface area contributed by atoms with Gasteiger partial charge in [-0.25, -0.2) is 4.39 Å². The summed E-state index contributed by atoms with van der Waals surface area (Å²) >= 11 is 0. The lowest BCUT2D eigenvalue weighted by atomic mass is 10.00. The highest BCUT2D eigenvalue weighted by Gasteiger charge is 2.46. The minimum Gasteiger partial charge on any atom is -0.469 e. The molecule has 6 nitrogen and oxygen atoms in total. The smallest absolute Gasteiger partial charge is 0.253 e. The van der Waals surface area contributed by atoms with E-state index < -0.39 is 5.60 Å². The van der Waals surface area contributed by atoms with Gasteiger partial charge in [-0.3, -0.25) is 9.59 Å². The number of ether oxygens (including phenoxy) is 1. The van der Waals surface area contributed by atoms with Crippen molar-refractivity contribution in [2.24, 2.45) is 0 Å². The summed E-state index contributed by atoms with van der Waals surface area (Å²) in [5, 5.41) is 0. The molecule has 1 aromatic carbocycles. The van der Waals surface area contributed by atoms with Crippen LogP contribution in [0, 0.1) is 5.82 Å². The fraction of sp³-hybridized carbons (Fsp3) is 0.400. The van der Waals surface area contributed by atoms with Crippen molar-refractivity contribution < 1.29 is 23.1 Å². The summed E-state index contributed by atoms with van der Waals surface area (Å²) < 4.78 is 24.3. The minimum absolute atomic E-state index is 0.0359. The zero-order chi connectivity index (χ0) is 18.9. The number of anilines is 1. The number of halogens is 1. The first-order chi connectivity index (χ1) is 13.0. The normalized spacial score (nSPS) is 22.6. The molecular formula is C20H21FN2O4. The highest BCUT2D eigenvalue weighted by atomic mass is 19.1. The molecule has 2 aromatic rings. The van der Waals surface area contributed by atoms with Crippen molar-refractivity contribution >= 4 is 17.5 Å². The van der Waals surface area contributed by atoms with Crippen LogP contribution in [0.15, 0.2) is 47.1 Å². The lowest BCUT2D eigenvalue weighted by Gasteiger charge is -2.40. The van der Waals surface area contributed by atoms with Crippen LogP contribution in [-0.4, -0.2) is 48.6 Å². The predicted molar refractivity (Wildman–Crippen MR) is 95.7 cm³/mol. The van der Waals surface area contributed by atoms with Crippen molar-refractivity contribution in [1.29, 1.82) is 0 Å². The van der Waals surface area contributed by atoms with Gasteiger partial charge in [0.2, 0.25) is 5.91 Å². The van der Waals surface area contributed by atoms with E-state index in [1.165, 1.54) is 12.1 Å². The first-order valence-corrected chi connectivity index (χ1v) is 9.05. The quantitative estimate of drug-likeness (QED) is 0.827. The van der Waals surface area contributed by atoms with E-state index >= 15 is 0 Å². The van der Waals surface area contributed by atoms with E-state index in [2.05, 4.69) is 0 Å². The summed E-state index contributed by atoms with van der Waals surface area (Å²) in [6, 6.07) is 9.52. The minimum atomic E-state index is -0.567. The Morgan fingerprint density at radius 3 is 2.74 bits per heavy atom. The first-order valence-electron chi connectivity index (χ1n) is 9.05. The van der Waals surface area contributed by atoms with Gasteiger partial charge in [0.05, 0.1) is 19.4 Å². The van der Waals surface area contributed by atoms with Gasteiger partial charge in [0, 0.05) is 25.1 Å². The predicted octanol–water partition coefficient (Wildman–Crippen LogP) is 2.39. The Balaban J connectivity index is 1.40. The van der Waals surface area contributed by atoms with E-state index in [9.17, 15) is 14.0 Å². The molecule has 0 aliphatic carbocycles. The van der Waals surface area contributed by atoms with Gasteiger partial charge in [-0.1, -0.05) is 0 Å². The fourth-order valence-corrected chi connectivity index (χ4v) is 3.72. The van der Waals surface area contributed by atoms with Gasteiger partial charge in [0.15, 0.2) is 0 Å². The lowest BCUT2D eigenvalue weighted by molar-refractivity contribution is -0.139. The number of amides is 2. The first kappa shape index (κ1) is 17.7. The number of morpholine rings is 1. The Morgan fingerprint density at radius 1 is 1.19 bits per heavy atom. The number of carbonyl (C=O) groups excluding carboxylic acids is 2. The average molecular weight is 372 g/mol. The van der Waals surface area contributed by atoms with Gasteiger partial charge in [0.1, 0.15) is 23.8 Å². The molecule has 2 fully saturated rings. The molecule has 142 valence electrons. The average Bonchev–Trinajstić information content (AvgIpc) is 3.33. The van der Waals surface area contributed by atoms with Crippen LogP contribution in [-0.2, 0) is 20.7 Å².